The molecular weight excluding hydrogens is 631 g/mol. The van der Waals surface area contributed by atoms with Gasteiger partial charge < -0.3 is 14.6 Å². The van der Waals surface area contributed by atoms with E-state index in [-0.39, 0.29) is 25.3 Å². The molecule has 256 valence electrons. The van der Waals surface area contributed by atoms with Gasteiger partial charge >= 0.3 is 0 Å². The lowest BCUT2D eigenvalue weighted by Crippen LogP contribution is -2.51. The molecule has 10 heteroatoms. The Balaban J connectivity index is 1.57. The number of carbonyl (C=O) groups is 1. The molecule has 0 spiro atoms. The number of ether oxygens (including phenoxy) is 1. The molecule has 2 heterocycles. The van der Waals surface area contributed by atoms with Crippen molar-refractivity contribution in [2.75, 3.05) is 19.5 Å². The topological polar surface area (TPSA) is 111 Å². The summed E-state index contributed by atoms with van der Waals surface area (Å²) in [4.78, 5) is 19.2. The van der Waals surface area contributed by atoms with Gasteiger partial charge in [-0.2, -0.15) is 0 Å². The van der Waals surface area contributed by atoms with Gasteiger partial charge in [0.2, 0.25) is 10.7 Å². The van der Waals surface area contributed by atoms with E-state index in [1.165, 1.54) is 69.8 Å². The first-order valence-electron chi connectivity index (χ1n) is 17.2. The van der Waals surface area contributed by atoms with Crippen LogP contribution in [0.15, 0.2) is 59.1 Å². The van der Waals surface area contributed by atoms with Crippen LogP contribution in [0.1, 0.15) is 107 Å². The molecule has 8 nitrogen and oxygen atoms in total. The first-order chi connectivity index (χ1) is 22.8. The second kappa shape index (κ2) is 18.5. The van der Waals surface area contributed by atoms with E-state index >= 15 is 0 Å². The molecule has 0 saturated heterocycles. The summed E-state index contributed by atoms with van der Waals surface area (Å²) in [7, 11) is -2.59. The van der Waals surface area contributed by atoms with Crippen LogP contribution in [0.3, 0.4) is 0 Å². The number of thiazole rings is 1. The molecule has 1 atom stereocenters. The van der Waals surface area contributed by atoms with Crippen LogP contribution in [0, 0.1) is 6.92 Å². The zero-order valence-electron chi connectivity index (χ0n) is 28.3. The Hall–Kier alpha value is -3.08. The highest BCUT2D eigenvalue weighted by Crippen LogP contribution is 2.42. The van der Waals surface area contributed by atoms with Gasteiger partial charge in [-0.25, -0.2) is 13.4 Å². The van der Waals surface area contributed by atoms with Gasteiger partial charge in [0.15, 0.2) is 15.6 Å². The van der Waals surface area contributed by atoms with Gasteiger partial charge in [0, 0.05) is 13.2 Å². The van der Waals surface area contributed by atoms with Gasteiger partial charge in [0.25, 0.3) is 0 Å². The fourth-order valence-corrected chi connectivity index (χ4v) is 9.53. The van der Waals surface area contributed by atoms with Crippen molar-refractivity contribution in [2.24, 2.45) is 0 Å². The number of hydrogen-bond donors (Lipinski definition) is 1. The van der Waals surface area contributed by atoms with Crippen molar-refractivity contribution in [3.05, 3.63) is 71.1 Å². The van der Waals surface area contributed by atoms with E-state index in [0.717, 1.165) is 35.1 Å². The van der Waals surface area contributed by atoms with Gasteiger partial charge in [0.05, 0.1) is 34.8 Å². The van der Waals surface area contributed by atoms with Crippen molar-refractivity contribution in [1.29, 1.82) is 0 Å². The average molecular weight is 682 g/mol. The number of carbonyl (C=O) groups excluding carboxylic acids is 1. The normalized spacial score (nSPS) is 13.2. The first kappa shape index (κ1) is 36.8. The third kappa shape index (κ3) is 9.97. The smallest absolute Gasteiger partial charge is 0.248 e. The minimum Gasteiger partial charge on any atom is -0.384 e. The van der Waals surface area contributed by atoms with Gasteiger partial charge in [-0.1, -0.05) is 126 Å². The number of sulfone groups is 1. The standard InChI is InChI=1S/C37H51N3O5S2/c1-4-5-6-7-8-9-10-11-12-13-14-18-23-37(47(42,43)25-24-44-3,35(41)38-28-32-26-29(2)40-45-32)36-39-33-22-21-31(27-34(33)46-36)30-19-16-15-17-20-30/h15-17,19-22,26-27H,4-14,18,23-25,28H2,1-3H3,(H,38,41). The summed E-state index contributed by atoms with van der Waals surface area (Å²) in [5, 5.41) is 7.09. The molecule has 47 heavy (non-hydrogen) atoms. The molecule has 0 aliphatic carbocycles. The van der Waals surface area contributed by atoms with Crippen LogP contribution in [-0.4, -0.2) is 43.9 Å². The highest BCUT2D eigenvalue weighted by Gasteiger charge is 2.53. The molecule has 0 saturated carbocycles. The number of hydrogen-bond acceptors (Lipinski definition) is 8. The summed E-state index contributed by atoms with van der Waals surface area (Å²) in [5.74, 6) is -0.420. The molecule has 1 amide bonds. The maximum atomic E-state index is 14.4. The maximum absolute atomic E-state index is 14.4. The number of aryl methyl sites for hydroxylation is 1. The van der Waals surface area contributed by atoms with Crippen molar-refractivity contribution in [1.82, 2.24) is 15.5 Å². The Morgan fingerprint density at radius 1 is 0.894 bits per heavy atom. The van der Waals surface area contributed by atoms with E-state index in [2.05, 4.69) is 17.4 Å². The molecule has 4 aromatic rings. The van der Waals surface area contributed by atoms with Crippen LogP contribution >= 0.6 is 11.3 Å². The second-order valence-electron chi connectivity index (χ2n) is 12.5. The van der Waals surface area contributed by atoms with E-state index in [1.54, 1.807) is 13.0 Å². The number of methoxy groups -OCH3 is 1. The molecular formula is C37H51N3O5S2. The van der Waals surface area contributed by atoms with Gasteiger partial charge in [0.1, 0.15) is 5.01 Å². The first-order valence-corrected chi connectivity index (χ1v) is 19.7. The lowest BCUT2D eigenvalue weighted by molar-refractivity contribution is -0.124. The van der Waals surface area contributed by atoms with E-state index < -0.39 is 20.5 Å². The number of aromatic nitrogens is 2. The van der Waals surface area contributed by atoms with Crippen LogP contribution in [0.25, 0.3) is 21.3 Å². The monoisotopic (exact) mass is 681 g/mol. The van der Waals surface area contributed by atoms with Crippen molar-refractivity contribution in [3.8, 4) is 11.1 Å². The summed E-state index contributed by atoms with van der Waals surface area (Å²) in [6.07, 6.45) is 13.9. The lowest BCUT2D eigenvalue weighted by Gasteiger charge is -2.30. The summed E-state index contributed by atoms with van der Waals surface area (Å²) in [6, 6.07) is 17.7. The summed E-state index contributed by atoms with van der Waals surface area (Å²) in [6.45, 7) is 4.06. The fraction of sp³-hybridized carbons (Fsp3) is 0.541. The largest absolute Gasteiger partial charge is 0.384 e. The molecule has 0 fully saturated rings. The molecule has 1 unspecified atom stereocenters. The zero-order valence-corrected chi connectivity index (χ0v) is 29.9. The van der Waals surface area contributed by atoms with Crippen molar-refractivity contribution in [2.45, 2.75) is 109 Å². The molecule has 2 aromatic heterocycles. The molecule has 0 bridgehead atoms. The second-order valence-corrected chi connectivity index (χ2v) is 15.8. The number of benzene rings is 2. The average Bonchev–Trinajstić information content (AvgIpc) is 3.70. The van der Waals surface area contributed by atoms with Crippen LogP contribution in [0.4, 0.5) is 0 Å². The van der Waals surface area contributed by atoms with Gasteiger partial charge in [-0.15, -0.1) is 11.3 Å². The number of nitrogens with one attached hydrogen (secondary N) is 1. The van der Waals surface area contributed by atoms with E-state index in [9.17, 15) is 13.2 Å². The highest BCUT2D eigenvalue weighted by molar-refractivity contribution is 7.93. The minimum atomic E-state index is -4.06. The Morgan fingerprint density at radius 2 is 1.55 bits per heavy atom. The Bertz CT molecular complexity index is 1630. The third-order valence-corrected chi connectivity index (χ3v) is 12.4. The predicted octanol–water partition coefficient (Wildman–Crippen LogP) is 8.92. The van der Waals surface area contributed by atoms with Crippen molar-refractivity contribution < 1.29 is 22.5 Å². The van der Waals surface area contributed by atoms with Crippen LogP contribution in [0.5, 0.6) is 0 Å². The Kier molecular flexibility index (Phi) is 14.4. The van der Waals surface area contributed by atoms with Crippen molar-refractivity contribution >= 4 is 37.3 Å². The summed E-state index contributed by atoms with van der Waals surface area (Å²) < 4.78 is 38.2. The summed E-state index contributed by atoms with van der Waals surface area (Å²) >= 11 is 1.28. The quantitative estimate of drug-likeness (QED) is 0.0825. The number of fused-ring (bicyclic) bond motifs is 1. The Labute approximate surface area is 284 Å². The third-order valence-electron chi connectivity index (χ3n) is 8.78. The van der Waals surface area contributed by atoms with E-state index in [0.29, 0.717) is 28.4 Å². The number of nitrogens with zero attached hydrogens (tertiary/aromatic N) is 2. The number of rotatable bonds is 22. The van der Waals surface area contributed by atoms with Crippen LogP contribution in [-0.2, 0) is 30.7 Å². The van der Waals surface area contributed by atoms with E-state index in [1.807, 2.05) is 48.5 Å². The van der Waals surface area contributed by atoms with E-state index in [4.69, 9.17) is 14.2 Å². The predicted molar refractivity (Wildman–Crippen MR) is 191 cm³/mol. The molecule has 0 aliphatic heterocycles. The molecule has 0 aliphatic rings. The lowest BCUT2D eigenvalue weighted by atomic mass is 9.98. The van der Waals surface area contributed by atoms with Crippen LogP contribution < -0.4 is 5.32 Å². The number of unbranched alkanes of at least 4 members (excludes halogenated alkanes) is 11. The SMILES string of the molecule is CCCCCCCCCCCCCCC(C(=O)NCc1cc(C)no1)(c1nc2ccc(-c3ccccc3)cc2s1)S(=O)(=O)CCOC. The Morgan fingerprint density at radius 3 is 2.17 bits per heavy atom. The zero-order chi connectivity index (χ0) is 33.5. The maximum Gasteiger partial charge on any atom is 0.248 e. The molecule has 4 rings (SSSR count). The highest BCUT2D eigenvalue weighted by atomic mass is 32.2. The fourth-order valence-electron chi connectivity index (χ4n) is 6.05. The van der Waals surface area contributed by atoms with Crippen molar-refractivity contribution in [3.63, 3.8) is 0 Å². The minimum absolute atomic E-state index is 0.0137. The van der Waals surface area contributed by atoms with Gasteiger partial charge in [-0.3, -0.25) is 4.79 Å². The summed E-state index contributed by atoms with van der Waals surface area (Å²) in [5.41, 5.74) is 3.42. The molecule has 2 aromatic carbocycles. The molecule has 1 N–H and O–H groups in total. The number of amides is 1. The molecule has 0 radical (unpaired) electrons. The van der Waals surface area contributed by atoms with Gasteiger partial charge in [-0.05, 0) is 36.6 Å². The van der Waals surface area contributed by atoms with Crippen LogP contribution in [0.2, 0.25) is 0 Å².